The number of hydrogen-bond acceptors (Lipinski definition) is 5. The summed E-state index contributed by atoms with van der Waals surface area (Å²) in [4.78, 5) is 28.5. The Balaban J connectivity index is 1.45. The Labute approximate surface area is 164 Å². The zero-order valence-corrected chi connectivity index (χ0v) is 16.3. The SMILES string of the molecule is Cc1cc(N2CCCC2)nc(N2CCN(C(=O)c3ccccc3Cl)CC2)n1. The molecule has 0 unspecified atom stereocenters. The van der Waals surface area contributed by atoms with Gasteiger partial charge in [0.2, 0.25) is 5.95 Å². The Hall–Kier alpha value is -2.34. The van der Waals surface area contributed by atoms with Crippen LogP contribution in [0.5, 0.6) is 0 Å². The molecule has 1 aromatic heterocycles. The molecule has 0 N–H and O–H groups in total. The van der Waals surface area contributed by atoms with Crippen LogP contribution in [0.25, 0.3) is 0 Å². The molecular weight excluding hydrogens is 362 g/mol. The van der Waals surface area contributed by atoms with Crippen LogP contribution >= 0.6 is 11.6 Å². The smallest absolute Gasteiger partial charge is 0.255 e. The van der Waals surface area contributed by atoms with Crippen molar-refractivity contribution in [3.8, 4) is 0 Å². The van der Waals surface area contributed by atoms with Gasteiger partial charge >= 0.3 is 0 Å². The molecule has 3 heterocycles. The van der Waals surface area contributed by atoms with Crippen LogP contribution in [-0.4, -0.2) is 60.0 Å². The lowest BCUT2D eigenvalue weighted by atomic mass is 10.2. The molecule has 0 atom stereocenters. The van der Waals surface area contributed by atoms with Crippen LogP contribution in [0.1, 0.15) is 28.9 Å². The Bertz CT molecular complexity index is 829. The number of aryl methyl sites for hydroxylation is 1. The van der Waals surface area contributed by atoms with Crippen LogP contribution in [0.4, 0.5) is 11.8 Å². The van der Waals surface area contributed by atoms with E-state index < -0.39 is 0 Å². The fraction of sp³-hybridized carbons (Fsp3) is 0.450. The van der Waals surface area contributed by atoms with E-state index in [0.717, 1.165) is 43.6 Å². The Kier molecular flexibility index (Phi) is 5.16. The molecule has 6 nitrogen and oxygen atoms in total. The van der Waals surface area contributed by atoms with E-state index >= 15 is 0 Å². The third kappa shape index (κ3) is 3.86. The van der Waals surface area contributed by atoms with Crippen LogP contribution in [0.2, 0.25) is 5.02 Å². The van der Waals surface area contributed by atoms with Gasteiger partial charge in [-0.1, -0.05) is 23.7 Å². The third-order valence-corrected chi connectivity index (χ3v) is 5.54. The van der Waals surface area contributed by atoms with Crippen molar-refractivity contribution in [2.45, 2.75) is 19.8 Å². The van der Waals surface area contributed by atoms with Crippen LogP contribution < -0.4 is 9.80 Å². The van der Waals surface area contributed by atoms with Crippen molar-refractivity contribution in [2.75, 3.05) is 49.1 Å². The molecule has 0 aliphatic carbocycles. The minimum Gasteiger partial charge on any atom is -0.356 e. The summed E-state index contributed by atoms with van der Waals surface area (Å²) in [6, 6.07) is 9.28. The van der Waals surface area contributed by atoms with Crippen molar-refractivity contribution >= 4 is 29.3 Å². The molecule has 0 saturated carbocycles. The van der Waals surface area contributed by atoms with Crippen LogP contribution in [0.3, 0.4) is 0 Å². The topological polar surface area (TPSA) is 52.6 Å². The molecule has 4 rings (SSSR count). The molecule has 7 heteroatoms. The first-order valence-electron chi connectivity index (χ1n) is 9.51. The summed E-state index contributed by atoms with van der Waals surface area (Å²) in [7, 11) is 0. The number of carbonyl (C=O) groups is 1. The van der Waals surface area contributed by atoms with Gasteiger partial charge in [-0.15, -0.1) is 0 Å². The molecule has 2 aliphatic heterocycles. The van der Waals surface area contributed by atoms with E-state index in [9.17, 15) is 4.79 Å². The first-order valence-corrected chi connectivity index (χ1v) is 9.89. The first-order chi connectivity index (χ1) is 13.1. The van der Waals surface area contributed by atoms with Gasteiger partial charge in [-0.2, -0.15) is 4.98 Å². The fourth-order valence-corrected chi connectivity index (χ4v) is 3.92. The van der Waals surface area contributed by atoms with E-state index in [2.05, 4.69) is 20.9 Å². The maximum Gasteiger partial charge on any atom is 0.255 e. The van der Waals surface area contributed by atoms with Gasteiger partial charge in [0.1, 0.15) is 5.82 Å². The lowest BCUT2D eigenvalue weighted by Crippen LogP contribution is -2.49. The molecule has 2 aliphatic rings. The average Bonchev–Trinajstić information content (AvgIpc) is 3.22. The van der Waals surface area contributed by atoms with Gasteiger partial charge in [-0.05, 0) is 31.9 Å². The van der Waals surface area contributed by atoms with E-state index in [1.807, 2.05) is 24.0 Å². The number of benzene rings is 1. The summed E-state index contributed by atoms with van der Waals surface area (Å²) in [5.74, 6) is 1.77. The number of aromatic nitrogens is 2. The predicted octanol–water partition coefficient (Wildman–Crippen LogP) is 3.00. The quantitative estimate of drug-likeness (QED) is 0.813. The number of rotatable bonds is 3. The fourth-order valence-electron chi connectivity index (χ4n) is 3.70. The van der Waals surface area contributed by atoms with Gasteiger partial charge in [-0.3, -0.25) is 4.79 Å². The summed E-state index contributed by atoms with van der Waals surface area (Å²) >= 11 is 6.18. The molecule has 0 bridgehead atoms. The number of piperazine rings is 1. The van der Waals surface area contributed by atoms with E-state index in [-0.39, 0.29) is 5.91 Å². The number of nitrogens with zero attached hydrogens (tertiary/aromatic N) is 5. The molecular formula is C20H24ClN5O. The minimum absolute atomic E-state index is 0.0110. The van der Waals surface area contributed by atoms with Gasteiger partial charge in [0, 0.05) is 51.0 Å². The minimum atomic E-state index is -0.0110. The van der Waals surface area contributed by atoms with E-state index in [1.54, 1.807) is 12.1 Å². The Morgan fingerprint density at radius 3 is 2.37 bits per heavy atom. The second-order valence-corrected chi connectivity index (χ2v) is 7.53. The van der Waals surface area contributed by atoms with E-state index in [1.165, 1.54) is 12.8 Å². The molecule has 1 aromatic carbocycles. The van der Waals surface area contributed by atoms with Crippen LogP contribution in [-0.2, 0) is 0 Å². The largest absolute Gasteiger partial charge is 0.356 e. The maximum absolute atomic E-state index is 12.7. The molecule has 2 fully saturated rings. The van der Waals surface area contributed by atoms with Gasteiger partial charge < -0.3 is 14.7 Å². The molecule has 2 saturated heterocycles. The number of amides is 1. The van der Waals surface area contributed by atoms with E-state index in [4.69, 9.17) is 16.6 Å². The highest BCUT2D eigenvalue weighted by molar-refractivity contribution is 6.33. The second kappa shape index (κ2) is 7.72. The van der Waals surface area contributed by atoms with Crippen molar-refractivity contribution in [2.24, 2.45) is 0 Å². The maximum atomic E-state index is 12.7. The Morgan fingerprint density at radius 2 is 1.67 bits per heavy atom. The van der Waals surface area contributed by atoms with Gasteiger partial charge in [0.05, 0.1) is 10.6 Å². The average molecular weight is 386 g/mol. The van der Waals surface area contributed by atoms with Crippen LogP contribution in [0.15, 0.2) is 30.3 Å². The highest BCUT2D eigenvalue weighted by Crippen LogP contribution is 2.23. The second-order valence-electron chi connectivity index (χ2n) is 7.12. The van der Waals surface area contributed by atoms with Crippen molar-refractivity contribution < 1.29 is 4.79 Å². The summed E-state index contributed by atoms with van der Waals surface area (Å²) in [5, 5.41) is 0.502. The van der Waals surface area contributed by atoms with Crippen molar-refractivity contribution in [1.29, 1.82) is 0 Å². The van der Waals surface area contributed by atoms with Gasteiger partial charge in [-0.25, -0.2) is 4.98 Å². The first kappa shape index (κ1) is 18.0. The van der Waals surface area contributed by atoms with Gasteiger partial charge in [0.15, 0.2) is 0 Å². The Morgan fingerprint density at radius 1 is 0.963 bits per heavy atom. The normalized spacial score (nSPS) is 17.5. The molecule has 1 amide bonds. The molecule has 2 aromatic rings. The number of carbonyl (C=O) groups excluding carboxylic acids is 1. The summed E-state index contributed by atoms with van der Waals surface area (Å²) in [5.41, 5.74) is 1.55. The lowest BCUT2D eigenvalue weighted by Gasteiger charge is -2.35. The predicted molar refractivity (Wildman–Crippen MR) is 108 cm³/mol. The summed E-state index contributed by atoms with van der Waals surface area (Å²) < 4.78 is 0. The number of hydrogen-bond donors (Lipinski definition) is 0. The van der Waals surface area contributed by atoms with Crippen molar-refractivity contribution in [1.82, 2.24) is 14.9 Å². The number of anilines is 2. The summed E-state index contributed by atoms with van der Waals surface area (Å²) in [6.45, 7) is 6.87. The van der Waals surface area contributed by atoms with Crippen LogP contribution in [0, 0.1) is 6.92 Å². The zero-order chi connectivity index (χ0) is 18.8. The monoisotopic (exact) mass is 385 g/mol. The molecule has 27 heavy (non-hydrogen) atoms. The highest BCUT2D eigenvalue weighted by atomic mass is 35.5. The number of halogens is 1. The van der Waals surface area contributed by atoms with Crippen molar-refractivity contribution in [3.05, 3.63) is 46.6 Å². The molecule has 142 valence electrons. The summed E-state index contributed by atoms with van der Waals surface area (Å²) in [6.07, 6.45) is 2.45. The third-order valence-electron chi connectivity index (χ3n) is 5.21. The van der Waals surface area contributed by atoms with Gasteiger partial charge in [0.25, 0.3) is 5.91 Å². The van der Waals surface area contributed by atoms with E-state index in [0.29, 0.717) is 23.7 Å². The molecule has 0 spiro atoms. The lowest BCUT2D eigenvalue weighted by molar-refractivity contribution is 0.0746. The molecule has 0 radical (unpaired) electrons. The van der Waals surface area contributed by atoms with Crippen molar-refractivity contribution in [3.63, 3.8) is 0 Å². The zero-order valence-electron chi connectivity index (χ0n) is 15.6. The standard InChI is InChI=1S/C20H24ClN5O/c1-15-14-18(24-8-4-5-9-24)23-20(22-15)26-12-10-25(11-13-26)19(27)16-6-2-3-7-17(16)21/h2-3,6-7,14H,4-5,8-13H2,1H3. The highest BCUT2D eigenvalue weighted by Gasteiger charge is 2.25.